The minimum atomic E-state index is 0. The molecule has 0 aliphatic heterocycles. The minimum Gasteiger partial charge on any atom is -0.378 e. The van der Waals surface area contributed by atoms with Crippen molar-refractivity contribution in [2.24, 2.45) is 0 Å². The summed E-state index contributed by atoms with van der Waals surface area (Å²) in [5.74, 6) is 0.426. The van der Waals surface area contributed by atoms with E-state index in [0.29, 0.717) is 12.8 Å². The molecule has 0 saturated heterocycles. The van der Waals surface area contributed by atoms with Crippen LogP contribution in [0.25, 0.3) is 0 Å². The number of hydrogen-bond acceptors (Lipinski definition) is 4. The number of nitrogens with zero attached hydrogens (tertiary/aromatic N) is 2. The monoisotopic (exact) mass is 945 g/mol. The fourth-order valence-corrected chi connectivity index (χ4v) is 7.11. The van der Waals surface area contributed by atoms with Gasteiger partial charge in [-0.15, -0.1) is 34.0 Å². The van der Waals surface area contributed by atoms with Gasteiger partial charge in [-0.05, 0) is 110 Å². The van der Waals surface area contributed by atoms with E-state index in [1.54, 1.807) is 0 Å². The lowest BCUT2D eigenvalue weighted by Gasteiger charge is -2.21. The smallest absolute Gasteiger partial charge is 0.219 e. The molecule has 0 aromatic rings. The molecular weight excluding hydrogens is 848 g/mol. The first kappa shape index (κ1) is 61.2. The number of halogens is 2. The highest BCUT2D eigenvalue weighted by Gasteiger charge is 2.05. The largest absolute Gasteiger partial charge is 0.378 e. The van der Waals surface area contributed by atoms with Gasteiger partial charge in [0.2, 0.25) is 11.8 Å². The second-order valence-electron chi connectivity index (χ2n) is 16.8. The Morgan fingerprint density at radius 3 is 1.24 bits per heavy atom. The topological polar surface area (TPSA) is 64.7 Å². The summed E-state index contributed by atoms with van der Waals surface area (Å²) in [7, 11) is 4.34. The van der Waals surface area contributed by atoms with Gasteiger partial charge in [0.1, 0.15) is 0 Å². The molecule has 0 unspecified atom stereocenters. The number of allylic oxidation sites excluding steroid dienone is 5. The molecule has 0 rings (SSSR count). The lowest BCUT2D eigenvalue weighted by Crippen LogP contribution is -2.28. The molecular formula is C50H98Br2N4O2. The normalized spacial score (nSPS) is 11.7. The van der Waals surface area contributed by atoms with Crippen molar-refractivity contribution in [2.45, 2.75) is 226 Å². The van der Waals surface area contributed by atoms with Crippen LogP contribution in [0.15, 0.2) is 36.1 Å². The van der Waals surface area contributed by atoms with Gasteiger partial charge in [0.05, 0.1) is 0 Å². The van der Waals surface area contributed by atoms with Crippen LogP contribution in [0.5, 0.6) is 0 Å². The Morgan fingerprint density at radius 1 is 0.431 bits per heavy atom. The molecule has 0 aliphatic rings. The zero-order valence-electron chi connectivity index (χ0n) is 39.1. The van der Waals surface area contributed by atoms with Crippen LogP contribution >= 0.6 is 34.0 Å². The number of carbonyl (C=O) groups excluding carboxylic acids is 2. The lowest BCUT2D eigenvalue weighted by atomic mass is 10.1. The Labute approximate surface area is 383 Å². The van der Waals surface area contributed by atoms with Gasteiger partial charge < -0.3 is 20.4 Å². The van der Waals surface area contributed by atoms with Crippen LogP contribution in [0.3, 0.4) is 0 Å². The fourth-order valence-electron chi connectivity index (χ4n) is 7.11. The van der Waals surface area contributed by atoms with Crippen LogP contribution in [-0.4, -0.2) is 68.4 Å². The Kier molecular flexibility index (Phi) is 53.0. The molecule has 0 heterocycles. The summed E-state index contributed by atoms with van der Waals surface area (Å²) in [5.41, 5.74) is 1.31. The molecule has 0 fully saturated rings. The second kappa shape index (κ2) is 50.2. The highest BCUT2D eigenvalue weighted by molar-refractivity contribution is 8.93. The van der Waals surface area contributed by atoms with Crippen molar-refractivity contribution in [2.75, 3.05) is 46.8 Å². The van der Waals surface area contributed by atoms with E-state index in [1.165, 1.54) is 147 Å². The Hall–Kier alpha value is -1.12. The lowest BCUT2D eigenvalue weighted by molar-refractivity contribution is -0.122. The van der Waals surface area contributed by atoms with E-state index in [-0.39, 0.29) is 45.8 Å². The summed E-state index contributed by atoms with van der Waals surface area (Å²) in [6, 6.07) is 0. The summed E-state index contributed by atoms with van der Waals surface area (Å²) in [6.45, 7) is 11.3. The second-order valence-corrected chi connectivity index (χ2v) is 16.8. The van der Waals surface area contributed by atoms with Crippen LogP contribution in [0.4, 0.5) is 0 Å². The maximum Gasteiger partial charge on any atom is 0.219 e. The van der Waals surface area contributed by atoms with E-state index in [2.05, 4.69) is 85.7 Å². The van der Waals surface area contributed by atoms with E-state index in [0.717, 1.165) is 84.1 Å². The van der Waals surface area contributed by atoms with Gasteiger partial charge in [-0.3, -0.25) is 9.59 Å². The van der Waals surface area contributed by atoms with Crippen LogP contribution < -0.4 is 10.6 Å². The predicted octanol–water partition coefficient (Wildman–Crippen LogP) is 14.8. The summed E-state index contributed by atoms with van der Waals surface area (Å²) in [6.07, 6.45) is 50.7. The minimum absolute atomic E-state index is 0. The first-order chi connectivity index (χ1) is 27.4. The van der Waals surface area contributed by atoms with Crippen molar-refractivity contribution < 1.29 is 9.59 Å². The molecule has 0 saturated carbocycles. The van der Waals surface area contributed by atoms with Crippen molar-refractivity contribution in [3.05, 3.63) is 36.1 Å². The van der Waals surface area contributed by atoms with E-state index in [4.69, 9.17) is 0 Å². The molecule has 6 nitrogen and oxygen atoms in total. The van der Waals surface area contributed by atoms with Gasteiger partial charge in [-0.1, -0.05) is 147 Å². The third kappa shape index (κ3) is 47.6. The summed E-state index contributed by atoms with van der Waals surface area (Å²) in [4.78, 5) is 29.2. The Balaban J connectivity index is -0.0000151. The SMILES string of the molecule is Br.Br.CCCCCCCC/C=C\CCCCCCCC(=O)NCCCCN(C)C(C)=CCCN(C)CCCNC(=O)CCCCCCC/C=C/CCCCCCCC. The van der Waals surface area contributed by atoms with Crippen LogP contribution in [0, 0.1) is 0 Å². The first-order valence-electron chi connectivity index (χ1n) is 24.3. The third-order valence-electron chi connectivity index (χ3n) is 11.2. The first-order valence-corrected chi connectivity index (χ1v) is 24.3. The van der Waals surface area contributed by atoms with Crippen molar-refractivity contribution >= 4 is 45.8 Å². The van der Waals surface area contributed by atoms with E-state index >= 15 is 0 Å². The molecule has 0 aromatic carbocycles. The third-order valence-corrected chi connectivity index (χ3v) is 11.2. The number of unbranched alkanes of at least 4 members (excludes halogenated alkanes) is 23. The number of rotatable bonds is 43. The number of amides is 2. The number of hydrogen-bond donors (Lipinski definition) is 2. The molecule has 344 valence electrons. The number of carbonyl (C=O) groups is 2. The molecule has 2 N–H and O–H groups in total. The van der Waals surface area contributed by atoms with Crippen molar-refractivity contribution in [3.8, 4) is 0 Å². The maximum absolute atomic E-state index is 12.2. The van der Waals surface area contributed by atoms with Gasteiger partial charge in [0.25, 0.3) is 0 Å². The molecule has 0 aromatic heterocycles. The highest BCUT2D eigenvalue weighted by Crippen LogP contribution is 2.12. The molecule has 0 radical (unpaired) electrons. The molecule has 0 spiro atoms. The Morgan fingerprint density at radius 2 is 0.810 bits per heavy atom. The van der Waals surface area contributed by atoms with Crippen molar-refractivity contribution in [1.29, 1.82) is 0 Å². The van der Waals surface area contributed by atoms with Crippen molar-refractivity contribution in [1.82, 2.24) is 20.4 Å². The van der Waals surface area contributed by atoms with Crippen molar-refractivity contribution in [3.63, 3.8) is 0 Å². The zero-order valence-corrected chi connectivity index (χ0v) is 42.5. The molecule has 0 aliphatic carbocycles. The van der Waals surface area contributed by atoms with Crippen LogP contribution in [-0.2, 0) is 9.59 Å². The molecule has 0 atom stereocenters. The van der Waals surface area contributed by atoms with Crippen LogP contribution in [0.2, 0.25) is 0 Å². The van der Waals surface area contributed by atoms with Gasteiger partial charge in [-0.25, -0.2) is 0 Å². The fraction of sp³-hybridized carbons (Fsp3) is 0.840. The van der Waals surface area contributed by atoms with Crippen LogP contribution in [0.1, 0.15) is 226 Å². The average Bonchev–Trinajstić information content (AvgIpc) is 3.19. The molecule has 8 heteroatoms. The number of nitrogens with one attached hydrogen (secondary N) is 2. The van der Waals surface area contributed by atoms with Gasteiger partial charge in [-0.2, -0.15) is 0 Å². The average molecular weight is 947 g/mol. The molecule has 2 amide bonds. The van der Waals surface area contributed by atoms with Gasteiger partial charge >= 0.3 is 0 Å². The van der Waals surface area contributed by atoms with E-state index in [1.807, 2.05) is 0 Å². The summed E-state index contributed by atoms with van der Waals surface area (Å²) >= 11 is 0. The maximum atomic E-state index is 12.2. The van der Waals surface area contributed by atoms with Gasteiger partial charge in [0.15, 0.2) is 0 Å². The summed E-state index contributed by atoms with van der Waals surface area (Å²) < 4.78 is 0. The summed E-state index contributed by atoms with van der Waals surface area (Å²) in [5, 5.41) is 6.25. The zero-order chi connectivity index (χ0) is 41.0. The Bertz CT molecular complexity index is 958. The highest BCUT2D eigenvalue weighted by atomic mass is 79.9. The molecule has 58 heavy (non-hydrogen) atoms. The van der Waals surface area contributed by atoms with E-state index in [9.17, 15) is 9.59 Å². The standard InChI is InChI=1S/C50H96N4O2.2BrH/c1-6-8-10-12-14-16-18-20-22-24-26-28-30-32-34-41-49(55)51-43-36-37-47-54(5)48(3)40-38-45-53(4)46-39-44-52-50(56)42-35-33-31-29-27-25-23-21-19-17-15-13-11-9-7-2;;/h20-23,40H,6-19,24-39,41-47H2,1-5H3,(H,51,55)(H,52,56);2*1H/b22-20-,23-21+,48-40?;;. The molecule has 0 bridgehead atoms. The van der Waals surface area contributed by atoms with E-state index < -0.39 is 0 Å². The van der Waals surface area contributed by atoms with Gasteiger partial charge in [0, 0.05) is 51.8 Å². The quantitative estimate of drug-likeness (QED) is 0.0472. The predicted molar refractivity (Wildman–Crippen MR) is 268 cm³/mol.